The summed E-state index contributed by atoms with van der Waals surface area (Å²) in [5.74, 6) is -0.0646. The number of carbonyl (C=O) groups is 1. The molecule has 1 aromatic heterocycles. The second-order valence-electron chi connectivity index (χ2n) is 4.67. The molecular weight excluding hydrogens is 258 g/mol. The van der Waals surface area contributed by atoms with Crippen molar-refractivity contribution in [2.24, 2.45) is 0 Å². The maximum atomic E-state index is 11.8. The Morgan fingerprint density at radius 1 is 1.40 bits per heavy atom. The van der Waals surface area contributed by atoms with Gasteiger partial charge in [0, 0.05) is 13.0 Å². The summed E-state index contributed by atoms with van der Waals surface area (Å²) in [7, 11) is 0. The van der Waals surface area contributed by atoms with Gasteiger partial charge in [0.2, 0.25) is 5.89 Å². The number of hydrogen-bond donors (Lipinski definition) is 2. The molecule has 0 bridgehead atoms. The Morgan fingerprint density at radius 2 is 2.10 bits per heavy atom. The lowest BCUT2D eigenvalue weighted by atomic mass is 10.0. The second-order valence-corrected chi connectivity index (χ2v) is 4.67. The third-order valence-electron chi connectivity index (χ3n) is 2.87. The molecule has 1 heterocycles. The zero-order valence-corrected chi connectivity index (χ0v) is 11.4. The summed E-state index contributed by atoms with van der Waals surface area (Å²) < 4.78 is 4.75. The van der Waals surface area contributed by atoms with E-state index in [1.807, 2.05) is 37.3 Å². The Balaban J connectivity index is 1.89. The molecule has 2 N–H and O–H groups in total. The fraction of sp³-hybridized carbons (Fsp3) is 0.357. The van der Waals surface area contributed by atoms with Crippen molar-refractivity contribution < 1.29 is 14.4 Å². The number of aliphatic hydroxyl groups is 1. The van der Waals surface area contributed by atoms with Crippen molar-refractivity contribution in [2.45, 2.75) is 32.4 Å². The van der Waals surface area contributed by atoms with Gasteiger partial charge in [-0.3, -0.25) is 4.79 Å². The van der Waals surface area contributed by atoms with E-state index in [4.69, 9.17) is 4.52 Å². The number of nitrogens with zero attached hydrogens (tertiary/aromatic N) is 2. The first-order valence-corrected chi connectivity index (χ1v) is 6.40. The lowest BCUT2D eigenvalue weighted by molar-refractivity contribution is 0.0903. The summed E-state index contributed by atoms with van der Waals surface area (Å²) in [5, 5.41) is 16.3. The smallest absolute Gasteiger partial charge is 0.292 e. The molecule has 1 aromatic carbocycles. The summed E-state index contributed by atoms with van der Waals surface area (Å²) in [6.45, 7) is 3.43. The van der Waals surface area contributed by atoms with Crippen molar-refractivity contribution in [3.05, 3.63) is 47.6 Å². The molecule has 0 aliphatic heterocycles. The Bertz CT molecular complexity index is 568. The van der Waals surface area contributed by atoms with Crippen LogP contribution in [0, 0.1) is 6.92 Å². The van der Waals surface area contributed by atoms with Gasteiger partial charge in [-0.2, -0.15) is 4.98 Å². The minimum Gasteiger partial charge on any atom is -0.388 e. The number of aromatic nitrogens is 2. The predicted molar refractivity (Wildman–Crippen MR) is 72.0 cm³/mol. The molecule has 0 saturated carbocycles. The molecule has 6 heteroatoms. The van der Waals surface area contributed by atoms with Gasteiger partial charge in [-0.05, 0) is 18.9 Å². The highest BCUT2D eigenvalue weighted by Crippen LogP contribution is 2.17. The number of rotatable bonds is 5. The van der Waals surface area contributed by atoms with E-state index in [9.17, 15) is 9.90 Å². The summed E-state index contributed by atoms with van der Waals surface area (Å²) in [4.78, 5) is 15.7. The zero-order valence-electron chi connectivity index (χ0n) is 11.4. The zero-order chi connectivity index (χ0) is 14.5. The Hall–Kier alpha value is -2.21. The number of carbonyl (C=O) groups excluding carboxylic acids is 1. The summed E-state index contributed by atoms with van der Waals surface area (Å²) in [5.41, 5.74) is 0.823. The first-order valence-electron chi connectivity index (χ1n) is 6.40. The van der Waals surface area contributed by atoms with Crippen LogP contribution in [0.3, 0.4) is 0 Å². The van der Waals surface area contributed by atoms with Crippen LogP contribution in [-0.2, 0) is 0 Å². The lowest BCUT2D eigenvalue weighted by Gasteiger charge is -2.17. The van der Waals surface area contributed by atoms with Crippen LogP contribution in [0.15, 0.2) is 34.9 Å². The van der Waals surface area contributed by atoms with Crippen molar-refractivity contribution in [3.8, 4) is 0 Å². The van der Waals surface area contributed by atoms with Crippen LogP contribution < -0.4 is 5.32 Å². The van der Waals surface area contributed by atoms with E-state index in [1.54, 1.807) is 6.92 Å². The topological polar surface area (TPSA) is 88.2 Å². The van der Waals surface area contributed by atoms with Crippen LogP contribution in [0.2, 0.25) is 0 Å². The van der Waals surface area contributed by atoms with Gasteiger partial charge >= 0.3 is 0 Å². The number of aliphatic hydroxyl groups excluding tert-OH is 1. The maximum absolute atomic E-state index is 11.8. The molecule has 0 radical (unpaired) electrons. The van der Waals surface area contributed by atoms with E-state index < -0.39 is 12.0 Å². The van der Waals surface area contributed by atoms with Crippen LogP contribution in [-0.4, -0.2) is 27.2 Å². The quantitative estimate of drug-likeness (QED) is 0.865. The standard InChI is InChI=1S/C14H17N3O3/c1-9(8-12(18)11-6-4-3-5-7-11)15-14(19)13-16-10(2)20-17-13/h3-7,9,12,18H,8H2,1-2H3,(H,15,19). The first-order chi connectivity index (χ1) is 9.56. The molecule has 0 saturated heterocycles. The molecule has 0 aliphatic rings. The third kappa shape index (κ3) is 3.64. The highest BCUT2D eigenvalue weighted by molar-refractivity contribution is 5.90. The fourth-order valence-corrected chi connectivity index (χ4v) is 1.88. The average Bonchev–Trinajstić information content (AvgIpc) is 2.86. The summed E-state index contributed by atoms with van der Waals surface area (Å²) in [6.07, 6.45) is -0.217. The number of amides is 1. The van der Waals surface area contributed by atoms with Crippen molar-refractivity contribution >= 4 is 5.91 Å². The van der Waals surface area contributed by atoms with E-state index in [1.165, 1.54) is 0 Å². The van der Waals surface area contributed by atoms with Crippen LogP contribution >= 0.6 is 0 Å². The second kappa shape index (κ2) is 6.29. The molecule has 2 aromatic rings. The molecule has 0 fully saturated rings. The summed E-state index contributed by atoms with van der Waals surface area (Å²) >= 11 is 0. The van der Waals surface area contributed by atoms with Gasteiger partial charge in [0.1, 0.15) is 0 Å². The molecule has 1 amide bonds. The van der Waals surface area contributed by atoms with Crippen molar-refractivity contribution in [1.82, 2.24) is 15.5 Å². The molecule has 0 spiro atoms. The molecule has 2 atom stereocenters. The van der Waals surface area contributed by atoms with Crippen LogP contribution in [0.25, 0.3) is 0 Å². The number of nitrogens with one attached hydrogen (secondary N) is 1. The van der Waals surface area contributed by atoms with E-state index in [2.05, 4.69) is 15.5 Å². The molecule has 2 rings (SSSR count). The van der Waals surface area contributed by atoms with Crippen LogP contribution in [0.5, 0.6) is 0 Å². The van der Waals surface area contributed by atoms with E-state index >= 15 is 0 Å². The number of benzene rings is 1. The minimum absolute atomic E-state index is 0.00329. The van der Waals surface area contributed by atoms with E-state index in [-0.39, 0.29) is 11.9 Å². The maximum Gasteiger partial charge on any atom is 0.292 e. The highest BCUT2D eigenvalue weighted by Gasteiger charge is 2.18. The molecule has 2 unspecified atom stereocenters. The predicted octanol–water partition coefficient (Wildman–Crippen LogP) is 1.62. The van der Waals surface area contributed by atoms with Crippen molar-refractivity contribution in [3.63, 3.8) is 0 Å². The summed E-state index contributed by atoms with van der Waals surface area (Å²) in [6, 6.07) is 9.11. The van der Waals surface area contributed by atoms with Gasteiger partial charge in [0.25, 0.3) is 11.7 Å². The van der Waals surface area contributed by atoms with Gasteiger partial charge in [-0.25, -0.2) is 0 Å². The van der Waals surface area contributed by atoms with Crippen LogP contribution in [0.1, 0.15) is 41.5 Å². The SMILES string of the molecule is Cc1nc(C(=O)NC(C)CC(O)c2ccccc2)no1. The van der Waals surface area contributed by atoms with Gasteiger partial charge in [0.05, 0.1) is 6.10 Å². The normalized spacial score (nSPS) is 13.8. The van der Waals surface area contributed by atoms with Gasteiger partial charge in [0.15, 0.2) is 0 Å². The Morgan fingerprint density at radius 3 is 2.70 bits per heavy atom. The molecule has 6 nitrogen and oxygen atoms in total. The largest absolute Gasteiger partial charge is 0.388 e. The molecule has 0 aliphatic carbocycles. The number of hydrogen-bond acceptors (Lipinski definition) is 5. The van der Waals surface area contributed by atoms with Crippen molar-refractivity contribution in [1.29, 1.82) is 0 Å². The Kier molecular flexibility index (Phi) is 4.47. The van der Waals surface area contributed by atoms with E-state index in [0.717, 1.165) is 5.56 Å². The average molecular weight is 275 g/mol. The van der Waals surface area contributed by atoms with Crippen molar-refractivity contribution in [2.75, 3.05) is 0 Å². The van der Waals surface area contributed by atoms with Gasteiger partial charge in [-0.1, -0.05) is 35.5 Å². The molecule has 20 heavy (non-hydrogen) atoms. The third-order valence-corrected chi connectivity index (χ3v) is 2.87. The van der Waals surface area contributed by atoms with Gasteiger partial charge < -0.3 is 14.9 Å². The van der Waals surface area contributed by atoms with Gasteiger partial charge in [-0.15, -0.1) is 0 Å². The monoisotopic (exact) mass is 275 g/mol. The fourth-order valence-electron chi connectivity index (χ4n) is 1.88. The van der Waals surface area contributed by atoms with Crippen LogP contribution in [0.4, 0.5) is 0 Å². The lowest BCUT2D eigenvalue weighted by Crippen LogP contribution is -2.34. The number of aryl methyl sites for hydroxylation is 1. The van der Waals surface area contributed by atoms with E-state index in [0.29, 0.717) is 12.3 Å². The molecular formula is C14H17N3O3. The molecule has 106 valence electrons. The Labute approximate surface area is 116 Å². The first kappa shape index (κ1) is 14.2. The minimum atomic E-state index is -0.626. The highest BCUT2D eigenvalue weighted by atomic mass is 16.5.